The van der Waals surface area contributed by atoms with Crippen molar-refractivity contribution in [3.05, 3.63) is 29.6 Å². The van der Waals surface area contributed by atoms with E-state index in [1.54, 1.807) is 13.0 Å². The molecule has 1 aromatic heterocycles. The van der Waals surface area contributed by atoms with Crippen molar-refractivity contribution >= 4 is 10.1 Å². The molecule has 0 fully saturated rings. The first-order valence-electron chi connectivity index (χ1n) is 4.09. The summed E-state index contributed by atoms with van der Waals surface area (Å²) in [4.78, 5) is 3.71. The summed E-state index contributed by atoms with van der Waals surface area (Å²) >= 11 is 0. The van der Waals surface area contributed by atoms with Crippen LogP contribution in [0.3, 0.4) is 0 Å². The van der Waals surface area contributed by atoms with Crippen molar-refractivity contribution in [3.63, 3.8) is 0 Å². The molecule has 0 atom stereocenters. The summed E-state index contributed by atoms with van der Waals surface area (Å²) < 4.78 is 60.4. The molecule has 16 heavy (non-hydrogen) atoms. The van der Waals surface area contributed by atoms with Crippen LogP contribution < -0.4 is 0 Å². The minimum Gasteiger partial charge on any atom is -0.259 e. The third kappa shape index (κ3) is 3.17. The molecule has 0 aliphatic heterocycles. The lowest BCUT2D eigenvalue weighted by Gasteiger charge is -2.07. The second kappa shape index (κ2) is 4.38. The van der Waals surface area contributed by atoms with E-state index in [2.05, 4.69) is 9.17 Å². The zero-order valence-corrected chi connectivity index (χ0v) is 8.97. The van der Waals surface area contributed by atoms with E-state index >= 15 is 0 Å². The maximum Gasteiger partial charge on any atom is 0.523 e. The van der Waals surface area contributed by atoms with E-state index in [9.17, 15) is 21.6 Å². The van der Waals surface area contributed by atoms with Gasteiger partial charge < -0.3 is 0 Å². The van der Waals surface area contributed by atoms with Gasteiger partial charge in [-0.25, -0.2) is 0 Å². The smallest absolute Gasteiger partial charge is 0.259 e. The van der Waals surface area contributed by atoms with Crippen molar-refractivity contribution in [2.24, 2.45) is 0 Å². The van der Waals surface area contributed by atoms with E-state index in [1.807, 2.05) is 0 Å². The Morgan fingerprint density at radius 2 is 2.00 bits per heavy atom. The van der Waals surface area contributed by atoms with Crippen LogP contribution >= 0.6 is 0 Å². The number of halogens is 3. The molecule has 0 unspecified atom stereocenters. The van der Waals surface area contributed by atoms with Gasteiger partial charge in [0.05, 0.1) is 5.69 Å². The number of nitrogens with zero attached hydrogens (tertiary/aromatic N) is 1. The second-order valence-electron chi connectivity index (χ2n) is 2.99. The average Bonchev–Trinajstić information content (AvgIpc) is 2.15. The lowest BCUT2D eigenvalue weighted by molar-refractivity contribution is -0.0548. The minimum atomic E-state index is -5.55. The van der Waals surface area contributed by atoms with Gasteiger partial charge >= 0.3 is 15.6 Å². The predicted octanol–water partition coefficient (Wildman–Crippen LogP) is 1.76. The summed E-state index contributed by atoms with van der Waals surface area (Å²) in [5, 5.41) is 0. The van der Waals surface area contributed by atoms with Crippen LogP contribution in [0.4, 0.5) is 13.2 Å². The molecule has 0 bridgehead atoms. The van der Waals surface area contributed by atoms with E-state index in [-0.39, 0.29) is 5.69 Å². The number of hydrogen-bond acceptors (Lipinski definition) is 4. The lowest BCUT2D eigenvalue weighted by atomic mass is 10.3. The Morgan fingerprint density at radius 3 is 2.44 bits per heavy atom. The Morgan fingerprint density at radius 1 is 1.38 bits per heavy atom. The molecule has 0 aromatic carbocycles. The van der Waals surface area contributed by atoms with Crippen LogP contribution in [0.25, 0.3) is 0 Å². The summed E-state index contributed by atoms with van der Waals surface area (Å²) in [7, 11) is -5.55. The Kier molecular flexibility index (Phi) is 3.54. The molecule has 0 saturated carbocycles. The Hall–Kier alpha value is -1.15. The monoisotopic (exact) mass is 255 g/mol. The highest BCUT2D eigenvalue weighted by atomic mass is 32.2. The van der Waals surface area contributed by atoms with Crippen LogP contribution in [0, 0.1) is 6.92 Å². The number of aromatic nitrogens is 1. The van der Waals surface area contributed by atoms with Gasteiger partial charge in [0, 0.05) is 6.20 Å². The van der Waals surface area contributed by atoms with E-state index in [4.69, 9.17) is 0 Å². The van der Waals surface area contributed by atoms with Crippen molar-refractivity contribution in [2.75, 3.05) is 0 Å². The first-order chi connectivity index (χ1) is 7.22. The number of alkyl halides is 3. The molecule has 0 saturated heterocycles. The lowest BCUT2D eigenvalue weighted by Crippen LogP contribution is -2.25. The van der Waals surface area contributed by atoms with Gasteiger partial charge in [0.25, 0.3) is 0 Å². The van der Waals surface area contributed by atoms with Crippen molar-refractivity contribution in [2.45, 2.75) is 19.0 Å². The maximum atomic E-state index is 11.9. The topological polar surface area (TPSA) is 56.3 Å². The van der Waals surface area contributed by atoms with Gasteiger partial charge in [0.1, 0.15) is 6.61 Å². The summed E-state index contributed by atoms with van der Waals surface area (Å²) in [6.45, 7) is 1.01. The van der Waals surface area contributed by atoms with Crippen LogP contribution in [-0.2, 0) is 20.9 Å². The zero-order valence-electron chi connectivity index (χ0n) is 8.15. The van der Waals surface area contributed by atoms with Crippen molar-refractivity contribution in [1.82, 2.24) is 4.98 Å². The van der Waals surface area contributed by atoms with Crippen LogP contribution in [0.1, 0.15) is 11.3 Å². The fraction of sp³-hybridized carbons (Fsp3) is 0.375. The first-order valence-corrected chi connectivity index (χ1v) is 5.50. The van der Waals surface area contributed by atoms with Gasteiger partial charge in [0.2, 0.25) is 0 Å². The zero-order chi connectivity index (χ0) is 12.4. The standard InChI is InChI=1S/C8H8F3NO3S/c1-6-2-3-7(12-4-6)5-15-16(13,14)8(9,10)11/h2-4H,5H2,1H3. The molecule has 0 N–H and O–H groups in total. The summed E-state index contributed by atoms with van der Waals surface area (Å²) in [5.41, 5.74) is -4.49. The van der Waals surface area contributed by atoms with Crippen LogP contribution in [0.15, 0.2) is 18.3 Å². The minimum absolute atomic E-state index is 0.110. The summed E-state index contributed by atoms with van der Waals surface area (Å²) in [6, 6.07) is 2.98. The Labute approximate surface area is 90.2 Å². The van der Waals surface area contributed by atoms with Gasteiger partial charge in [-0.2, -0.15) is 21.6 Å². The largest absolute Gasteiger partial charge is 0.523 e. The van der Waals surface area contributed by atoms with Crippen molar-refractivity contribution in [3.8, 4) is 0 Å². The van der Waals surface area contributed by atoms with Crippen molar-refractivity contribution in [1.29, 1.82) is 0 Å². The van der Waals surface area contributed by atoms with Gasteiger partial charge in [-0.15, -0.1) is 0 Å². The van der Waals surface area contributed by atoms with Gasteiger partial charge in [-0.3, -0.25) is 9.17 Å². The Bertz CT molecular complexity index is 452. The van der Waals surface area contributed by atoms with E-state index < -0.39 is 22.2 Å². The molecule has 1 heterocycles. The molecule has 90 valence electrons. The molecular weight excluding hydrogens is 247 g/mol. The third-order valence-corrected chi connectivity index (χ3v) is 2.61. The van der Waals surface area contributed by atoms with Crippen LogP contribution in [-0.4, -0.2) is 18.9 Å². The number of rotatable bonds is 3. The molecule has 4 nitrogen and oxygen atoms in total. The van der Waals surface area contributed by atoms with Crippen LogP contribution in [0.5, 0.6) is 0 Å². The maximum absolute atomic E-state index is 11.9. The first kappa shape index (κ1) is 12.9. The molecule has 0 aliphatic carbocycles. The highest BCUT2D eigenvalue weighted by Gasteiger charge is 2.47. The summed E-state index contributed by atoms with van der Waals surface area (Å²) in [5.74, 6) is 0. The van der Waals surface area contributed by atoms with Gasteiger partial charge in [-0.05, 0) is 18.6 Å². The fourth-order valence-electron chi connectivity index (χ4n) is 0.789. The van der Waals surface area contributed by atoms with Gasteiger partial charge in [-0.1, -0.05) is 6.07 Å². The van der Waals surface area contributed by atoms with Gasteiger partial charge in [0.15, 0.2) is 0 Å². The molecule has 1 aromatic rings. The number of pyridine rings is 1. The SMILES string of the molecule is Cc1ccc(COS(=O)(=O)C(F)(F)F)nc1. The normalized spacial score (nSPS) is 12.8. The predicted molar refractivity (Wildman–Crippen MR) is 48.7 cm³/mol. The molecule has 0 radical (unpaired) electrons. The molecule has 0 aliphatic rings. The second-order valence-corrected chi connectivity index (χ2v) is 4.60. The summed E-state index contributed by atoms with van der Waals surface area (Å²) in [6.07, 6.45) is 1.40. The van der Waals surface area contributed by atoms with E-state index in [0.717, 1.165) is 5.56 Å². The van der Waals surface area contributed by atoms with Crippen LogP contribution in [0.2, 0.25) is 0 Å². The molecule has 1 rings (SSSR count). The quantitative estimate of drug-likeness (QED) is 0.610. The fourth-order valence-corrected chi connectivity index (χ4v) is 1.20. The molecular formula is C8H8F3NO3S. The van der Waals surface area contributed by atoms with E-state index in [1.165, 1.54) is 12.3 Å². The average molecular weight is 255 g/mol. The molecule has 0 amide bonds. The highest BCUT2D eigenvalue weighted by Crippen LogP contribution is 2.25. The number of aryl methyl sites for hydroxylation is 1. The Balaban J connectivity index is 2.69. The van der Waals surface area contributed by atoms with Crippen molar-refractivity contribution < 1.29 is 25.8 Å². The van der Waals surface area contributed by atoms with E-state index in [0.29, 0.717) is 0 Å². The molecule has 8 heteroatoms. The number of hydrogen-bond donors (Lipinski definition) is 0. The third-order valence-electron chi connectivity index (χ3n) is 1.62. The highest BCUT2D eigenvalue weighted by molar-refractivity contribution is 7.87. The molecule has 0 spiro atoms.